The van der Waals surface area contributed by atoms with Gasteiger partial charge in [0.05, 0.1) is 12.4 Å². The molecule has 3 rings (SSSR count). The van der Waals surface area contributed by atoms with E-state index in [0.717, 1.165) is 11.3 Å². The largest absolute Gasteiger partial charge is 0.358 e. The summed E-state index contributed by atoms with van der Waals surface area (Å²) >= 11 is 0. The van der Waals surface area contributed by atoms with Crippen LogP contribution in [-0.4, -0.2) is 19.6 Å². The summed E-state index contributed by atoms with van der Waals surface area (Å²) in [4.78, 5) is 8.28. The molecule has 0 aliphatic heterocycles. The van der Waals surface area contributed by atoms with Gasteiger partial charge in [-0.25, -0.2) is 14.5 Å². The molecule has 0 spiro atoms. The fourth-order valence-corrected chi connectivity index (χ4v) is 1.48. The van der Waals surface area contributed by atoms with Gasteiger partial charge < -0.3 is 7.43 Å². The minimum Gasteiger partial charge on any atom is -0.358 e. The minimum absolute atomic E-state index is 0. The van der Waals surface area contributed by atoms with Crippen LogP contribution in [0, 0.1) is 13.5 Å². The average Bonchev–Trinajstić information content (AvgIpc) is 2.74. The summed E-state index contributed by atoms with van der Waals surface area (Å²) in [6, 6.07) is 10.7. The number of imidazole rings is 1. The van der Waals surface area contributed by atoms with E-state index in [4.69, 9.17) is 0 Å². The van der Waals surface area contributed by atoms with Crippen molar-refractivity contribution in [3.05, 3.63) is 56.3 Å². The number of hydrogen-bond acceptors (Lipinski definition) is 3. The number of benzene rings is 1. The van der Waals surface area contributed by atoms with Gasteiger partial charge in [-0.1, -0.05) is 0 Å². The molecular weight excluding hydrogens is 289 g/mol. The van der Waals surface area contributed by atoms with Crippen molar-refractivity contribution in [2.75, 3.05) is 0 Å². The van der Waals surface area contributed by atoms with Crippen LogP contribution < -0.4 is 0 Å². The number of hydrogen-bond donors (Lipinski definition) is 0. The van der Waals surface area contributed by atoms with E-state index in [0.29, 0.717) is 5.78 Å². The van der Waals surface area contributed by atoms with Gasteiger partial charge in [0.25, 0.3) is 0 Å². The number of nitrogens with zero attached hydrogens (tertiary/aromatic N) is 4. The van der Waals surface area contributed by atoms with E-state index < -0.39 is 0 Å². The Labute approximate surface area is 125 Å². The molecule has 1 radical (unpaired) electrons. The van der Waals surface area contributed by atoms with Gasteiger partial charge in [-0.2, -0.15) is 35.4 Å². The molecule has 0 aliphatic rings. The van der Waals surface area contributed by atoms with Crippen LogP contribution >= 0.6 is 0 Å². The van der Waals surface area contributed by atoms with Crippen LogP contribution in [-0.2, 0) is 32.7 Å². The van der Waals surface area contributed by atoms with E-state index in [1.54, 1.807) is 23.1 Å². The Morgan fingerprint density at radius 1 is 1.18 bits per heavy atom. The van der Waals surface area contributed by atoms with Gasteiger partial charge >= 0.3 is 0 Å². The van der Waals surface area contributed by atoms with Crippen molar-refractivity contribution in [1.29, 1.82) is 0 Å². The predicted molar refractivity (Wildman–Crippen MR) is 61.5 cm³/mol. The topological polar surface area (TPSA) is 43.1 Å². The molecule has 0 bridgehead atoms. The SMILES string of the molecule is [CH3-].[Y].[c-]1cccc(-c2cnc3nccnn23)c1. The van der Waals surface area contributed by atoms with Crippen LogP contribution in [0.2, 0.25) is 0 Å². The van der Waals surface area contributed by atoms with E-state index in [-0.39, 0.29) is 40.1 Å². The summed E-state index contributed by atoms with van der Waals surface area (Å²) in [5, 5.41) is 4.20. The predicted octanol–water partition coefficient (Wildman–Crippen LogP) is 2.04. The first kappa shape index (κ1) is 13.9. The van der Waals surface area contributed by atoms with Crippen LogP contribution in [0.4, 0.5) is 0 Å². The first-order valence-corrected chi connectivity index (χ1v) is 4.56. The van der Waals surface area contributed by atoms with Crippen LogP contribution in [0.1, 0.15) is 0 Å². The second-order valence-corrected chi connectivity index (χ2v) is 3.09. The summed E-state index contributed by atoms with van der Waals surface area (Å²) in [6.07, 6.45) is 5.03. The van der Waals surface area contributed by atoms with Crippen molar-refractivity contribution in [3.63, 3.8) is 0 Å². The average molecular weight is 299 g/mol. The first-order valence-electron chi connectivity index (χ1n) is 4.56. The van der Waals surface area contributed by atoms with Crippen LogP contribution in [0.15, 0.2) is 42.9 Å². The quantitative estimate of drug-likeness (QED) is 0.646. The Morgan fingerprint density at radius 3 is 2.82 bits per heavy atom. The zero-order valence-corrected chi connectivity index (χ0v) is 12.2. The smallest absolute Gasteiger partial charge is 0.250 e. The monoisotopic (exact) mass is 299 g/mol. The molecule has 0 N–H and O–H groups in total. The maximum Gasteiger partial charge on any atom is 0.250 e. The third-order valence-electron chi connectivity index (χ3n) is 2.16. The Balaban J connectivity index is 0.000000722. The molecule has 0 saturated heterocycles. The zero-order chi connectivity index (χ0) is 10.1. The van der Waals surface area contributed by atoms with E-state index in [1.165, 1.54) is 0 Å². The van der Waals surface area contributed by atoms with Gasteiger partial charge in [-0.3, -0.25) is 0 Å². The minimum atomic E-state index is 0. The fraction of sp³-hybridized carbons (Fsp3) is 0. The summed E-state index contributed by atoms with van der Waals surface area (Å²) in [5.41, 5.74) is 1.96. The van der Waals surface area contributed by atoms with Crippen LogP contribution in [0.3, 0.4) is 0 Å². The maximum absolute atomic E-state index is 4.20. The van der Waals surface area contributed by atoms with E-state index in [1.807, 2.05) is 24.3 Å². The molecule has 1 aromatic carbocycles. The molecule has 0 fully saturated rings. The fourth-order valence-electron chi connectivity index (χ4n) is 1.48. The molecule has 0 aliphatic carbocycles. The van der Waals surface area contributed by atoms with Gasteiger partial charge in [-0.15, -0.1) is 5.56 Å². The van der Waals surface area contributed by atoms with Gasteiger partial charge in [0, 0.05) is 44.6 Å². The number of aromatic nitrogens is 4. The van der Waals surface area contributed by atoms with Crippen molar-refractivity contribution in [3.8, 4) is 11.3 Å². The standard InChI is InChI=1S/C11H7N4.CH3.Y/c1-2-4-9(5-3-1)10-8-13-11-12-6-7-14-15(10)11;;/h1-2,4-8H;1H3;/q2*-1;. The molecule has 0 atom stereocenters. The molecule has 0 saturated carbocycles. The van der Waals surface area contributed by atoms with E-state index in [9.17, 15) is 0 Å². The molecular formula is C12H10N4Y-2. The Bertz CT molecular complexity index is 592. The van der Waals surface area contributed by atoms with Crippen LogP contribution in [0.25, 0.3) is 17.0 Å². The van der Waals surface area contributed by atoms with Crippen molar-refractivity contribution >= 4 is 5.78 Å². The Kier molecular flexibility index (Phi) is 4.91. The second-order valence-electron chi connectivity index (χ2n) is 3.09. The molecule has 2 heterocycles. The molecule has 0 unspecified atom stereocenters. The summed E-state index contributed by atoms with van der Waals surface area (Å²) in [6.45, 7) is 0. The third kappa shape index (κ3) is 2.59. The molecule has 4 nitrogen and oxygen atoms in total. The first-order chi connectivity index (χ1) is 7.45. The number of fused-ring (bicyclic) bond motifs is 1. The van der Waals surface area contributed by atoms with E-state index >= 15 is 0 Å². The zero-order valence-electron chi connectivity index (χ0n) is 9.41. The molecule has 3 aromatic rings. The third-order valence-corrected chi connectivity index (χ3v) is 2.16. The Morgan fingerprint density at radius 2 is 2.06 bits per heavy atom. The molecule has 5 heteroatoms. The molecule has 17 heavy (non-hydrogen) atoms. The molecule has 83 valence electrons. The van der Waals surface area contributed by atoms with E-state index in [2.05, 4.69) is 21.1 Å². The van der Waals surface area contributed by atoms with Gasteiger partial charge in [0.2, 0.25) is 5.78 Å². The van der Waals surface area contributed by atoms with Crippen molar-refractivity contribution in [1.82, 2.24) is 19.6 Å². The summed E-state index contributed by atoms with van der Waals surface area (Å²) in [7, 11) is 0. The maximum atomic E-state index is 4.20. The summed E-state index contributed by atoms with van der Waals surface area (Å²) < 4.78 is 1.71. The van der Waals surface area contributed by atoms with Gasteiger partial charge in [-0.05, 0) is 0 Å². The van der Waals surface area contributed by atoms with Gasteiger partial charge in [0.1, 0.15) is 0 Å². The summed E-state index contributed by atoms with van der Waals surface area (Å²) in [5.74, 6) is 0.608. The number of rotatable bonds is 1. The second kappa shape index (κ2) is 5.98. The normalized spacial score (nSPS) is 9.41. The van der Waals surface area contributed by atoms with Crippen molar-refractivity contribution in [2.45, 2.75) is 0 Å². The van der Waals surface area contributed by atoms with Crippen molar-refractivity contribution in [2.24, 2.45) is 0 Å². The van der Waals surface area contributed by atoms with Crippen LogP contribution in [0.5, 0.6) is 0 Å². The Hall–Kier alpha value is -1.13. The molecule has 0 amide bonds. The van der Waals surface area contributed by atoms with Gasteiger partial charge in [0.15, 0.2) is 0 Å². The van der Waals surface area contributed by atoms with Crippen molar-refractivity contribution < 1.29 is 32.7 Å². The molecule has 2 aromatic heterocycles.